The van der Waals surface area contributed by atoms with Crippen molar-refractivity contribution in [3.8, 4) is 11.4 Å². The van der Waals surface area contributed by atoms with Gasteiger partial charge in [-0.3, -0.25) is 9.97 Å². The summed E-state index contributed by atoms with van der Waals surface area (Å²) in [6.45, 7) is 8.84. The zero-order valence-electron chi connectivity index (χ0n) is 12.3. The van der Waals surface area contributed by atoms with Gasteiger partial charge in [-0.2, -0.15) is 0 Å². The van der Waals surface area contributed by atoms with Crippen LogP contribution in [-0.4, -0.2) is 9.97 Å². The van der Waals surface area contributed by atoms with E-state index in [1.807, 2.05) is 18.5 Å². The molecule has 0 spiro atoms. The van der Waals surface area contributed by atoms with E-state index in [9.17, 15) is 0 Å². The Kier molecular flexibility index (Phi) is 3.98. The monoisotopic (exact) mass is 254 g/mol. The minimum absolute atomic E-state index is 0.186. The molecule has 0 radical (unpaired) electrons. The first-order valence-corrected chi connectivity index (χ1v) is 6.98. The second kappa shape index (κ2) is 5.52. The normalized spacial score (nSPS) is 11.6. The summed E-state index contributed by atoms with van der Waals surface area (Å²) in [5.41, 5.74) is 4.61. The van der Waals surface area contributed by atoms with Crippen LogP contribution in [0.15, 0.2) is 36.7 Å². The summed E-state index contributed by atoms with van der Waals surface area (Å²) in [5.74, 6) is 0. The number of aromatic nitrogens is 2. The Hall–Kier alpha value is -1.70. The molecule has 2 aromatic heterocycles. The van der Waals surface area contributed by atoms with Crippen LogP contribution in [0.3, 0.4) is 0 Å². The SMILES string of the molecule is CCc1ccc(-c2ccc(C(C)(C)CC)cn2)nc1. The Morgan fingerprint density at radius 1 is 0.895 bits per heavy atom. The third-order valence-electron chi connectivity index (χ3n) is 3.92. The summed E-state index contributed by atoms with van der Waals surface area (Å²) < 4.78 is 0. The first-order chi connectivity index (χ1) is 9.06. The van der Waals surface area contributed by atoms with E-state index in [0.29, 0.717) is 0 Å². The van der Waals surface area contributed by atoms with Crippen LogP contribution in [0.25, 0.3) is 11.4 Å². The van der Waals surface area contributed by atoms with Crippen molar-refractivity contribution >= 4 is 0 Å². The summed E-state index contributed by atoms with van der Waals surface area (Å²) in [5, 5.41) is 0. The lowest BCUT2D eigenvalue weighted by Gasteiger charge is -2.22. The Balaban J connectivity index is 2.27. The van der Waals surface area contributed by atoms with Gasteiger partial charge in [0.25, 0.3) is 0 Å². The van der Waals surface area contributed by atoms with E-state index in [1.54, 1.807) is 0 Å². The fourth-order valence-corrected chi connectivity index (χ4v) is 1.93. The summed E-state index contributed by atoms with van der Waals surface area (Å²) in [7, 11) is 0. The van der Waals surface area contributed by atoms with Crippen molar-refractivity contribution in [2.45, 2.75) is 46.0 Å². The molecule has 0 saturated carbocycles. The Labute approximate surface area is 115 Å². The first kappa shape index (κ1) is 13.7. The van der Waals surface area contributed by atoms with E-state index >= 15 is 0 Å². The van der Waals surface area contributed by atoms with Crippen molar-refractivity contribution in [2.24, 2.45) is 0 Å². The largest absolute Gasteiger partial charge is 0.254 e. The van der Waals surface area contributed by atoms with Gasteiger partial charge in [-0.1, -0.05) is 39.8 Å². The predicted molar refractivity (Wildman–Crippen MR) is 80.2 cm³/mol. The van der Waals surface area contributed by atoms with Crippen LogP contribution in [-0.2, 0) is 11.8 Å². The lowest BCUT2D eigenvalue weighted by molar-refractivity contribution is 0.504. The Morgan fingerprint density at radius 2 is 1.53 bits per heavy atom. The fraction of sp³-hybridized carbons (Fsp3) is 0.412. The van der Waals surface area contributed by atoms with Gasteiger partial charge in [0.2, 0.25) is 0 Å². The highest BCUT2D eigenvalue weighted by atomic mass is 14.8. The number of hydrogen-bond acceptors (Lipinski definition) is 2. The molecule has 0 saturated heterocycles. The molecule has 2 nitrogen and oxygen atoms in total. The average Bonchev–Trinajstić information content (AvgIpc) is 2.47. The van der Waals surface area contributed by atoms with Crippen LogP contribution in [0.1, 0.15) is 45.2 Å². The van der Waals surface area contributed by atoms with Crippen molar-refractivity contribution in [2.75, 3.05) is 0 Å². The van der Waals surface area contributed by atoms with Gasteiger partial charge in [0.05, 0.1) is 11.4 Å². The fourth-order valence-electron chi connectivity index (χ4n) is 1.93. The van der Waals surface area contributed by atoms with Gasteiger partial charge in [0, 0.05) is 12.4 Å². The van der Waals surface area contributed by atoms with Gasteiger partial charge in [-0.25, -0.2) is 0 Å². The van der Waals surface area contributed by atoms with Crippen LogP contribution in [0.2, 0.25) is 0 Å². The van der Waals surface area contributed by atoms with Crippen molar-refractivity contribution in [3.63, 3.8) is 0 Å². The minimum atomic E-state index is 0.186. The summed E-state index contributed by atoms with van der Waals surface area (Å²) >= 11 is 0. The molecule has 0 aliphatic rings. The summed E-state index contributed by atoms with van der Waals surface area (Å²) in [4.78, 5) is 9.03. The first-order valence-electron chi connectivity index (χ1n) is 6.98. The van der Waals surface area contributed by atoms with Crippen molar-refractivity contribution in [3.05, 3.63) is 47.8 Å². The van der Waals surface area contributed by atoms with Gasteiger partial charge < -0.3 is 0 Å². The van der Waals surface area contributed by atoms with Crippen LogP contribution in [0.4, 0.5) is 0 Å². The second-order valence-corrected chi connectivity index (χ2v) is 5.57. The minimum Gasteiger partial charge on any atom is -0.254 e. The predicted octanol–water partition coefficient (Wildman–Crippen LogP) is 4.39. The van der Waals surface area contributed by atoms with E-state index in [0.717, 1.165) is 24.2 Å². The molecule has 0 atom stereocenters. The quantitative estimate of drug-likeness (QED) is 0.808. The molecule has 19 heavy (non-hydrogen) atoms. The third kappa shape index (κ3) is 3.01. The molecule has 0 aliphatic heterocycles. The zero-order chi connectivity index (χ0) is 13.9. The highest BCUT2D eigenvalue weighted by Crippen LogP contribution is 2.27. The Morgan fingerprint density at radius 3 is 1.95 bits per heavy atom. The van der Waals surface area contributed by atoms with Crippen LogP contribution >= 0.6 is 0 Å². The molecule has 0 aliphatic carbocycles. The third-order valence-corrected chi connectivity index (χ3v) is 3.92. The topological polar surface area (TPSA) is 25.8 Å². The van der Waals surface area contributed by atoms with Crippen LogP contribution in [0.5, 0.6) is 0 Å². The standard InChI is InChI=1S/C17H22N2/c1-5-13-7-9-15(18-11-13)16-10-8-14(12-19-16)17(3,4)6-2/h7-12H,5-6H2,1-4H3. The molecule has 100 valence electrons. The van der Waals surface area contributed by atoms with Gasteiger partial charge in [0.1, 0.15) is 0 Å². The molecule has 0 amide bonds. The lowest BCUT2D eigenvalue weighted by Crippen LogP contribution is -2.15. The molecule has 2 heterocycles. The molecule has 0 bridgehead atoms. The van der Waals surface area contributed by atoms with E-state index in [4.69, 9.17) is 0 Å². The van der Waals surface area contributed by atoms with Gasteiger partial charge >= 0.3 is 0 Å². The number of pyridine rings is 2. The van der Waals surface area contributed by atoms with Crippen molar-refractivity contribution < 1.29 is 0 Å². The number of nitrogens with zero attached hydrogens (tertiary/aromatic N) is 2. The number of aryl methyl sites for hydroxylation is 1. The van der Waals surface area contributed by atoms with Gasteiger partial charge in [-0.05, 0) is 41.5 Å². The Bertz CT molecular complexity index is 524. The second-order valence-electron chi connectivity index (χ2n) is 5.57. The summed E-state index contributed by atoms with van der Waals surface area (Å²) in [6.07, 6.45) is 6.04. The molecular formula is C17H22N2. The summed E-state index contributed by atoms with van der Waals surface area (Å²) in [6, 6.07) is 8.40. The van der Waals surface area contributed by atoms with E-state index in [1.165, 1.54) is 11.1 Å². The van der Waals surface area contributed by atoms with Gasteiger partial charge in [-0.15, -0.1) is 0 Å². The highest BCUT2D eigenvalue weighted by molar-refractivity contribution is 5.54. The van der Waals surface area contributed by atoms with Crippen molar-refractivity contribution in [1.82, 2.24) is 9.97 Å². The van der Waals surface area contributed by atoms with Crippen LogP contribution < -0.4 is 0 Å². The molecule has 0 fully saturated rings. The average molecular weight is 254 g/mol. The molecule has 2 rings (SSSR count). The van der Waals surface area contributed by atoms with E-state index in [2.05, 4.69) is 55.9 Å². The number of rotatable bonds is 4. The molecule has 0 unspecified atom stereocenters. The molecule has 2 heteroatoms. The highest BCUT2D eigenvalue weighted by Gasteiger charge is 2.18. The molecule has 0 aromatic carbocycles. The maximum Gasteiger partial charge on any atom is 0.0886 e. The maximum absolute atomic E-state index is 4.56. The molecule has 0 N–H and O–H groups in total. The number of hydrogen-bond donors (Lipinski definition) is 0. The molecular weight excluding hydrogens is 232 g/mol. The van der Waals surface area contributed by atoms with E-state index < -0.39 is 0 Å². The zero-order valence-corrected chi connectivity index (χ0v) is 12.3. The smallest absolute Gasteiger partial charge is 0.0886 e. The van der Waals surface area contributed by atoms with E-state index in [-0.39, 0.29) is 5.41 Å². The molecule has 2 aromatic rings. The lowest BCUT2D eigenvalue weighted by atomic mass is 9.83. The van der Waals surface area contributed by atoms with Crippen molar-refractivity contribution in [1.29, 1.82) is 0 Å². The maximum atomic E-state index is 4.56. The van der Waals surface area contributed by atoms with Crippen LogP contribution in [0, 0.1) is 0 Å². The van der Waals surface area contributed by atoms with Gasteiger partial charge in [0.15, 0.2) is 0 Å².